The van der Waals surface area contributed by atoms with Crippen molar-refractivity contribution in [2.24, 2.45) is 5.92 Å². The van der Waals surface area contributed by atoms with Gasteiger partial charge in [-0.3, -0.25) is 0 Å². The summed E-state index contributed by atoms with van der Waals surface area (Å²) in [5.41, 5.74) is 6.61. The standard InChI is InChI=1S/C12H19N3O/c13-12-7-10(4-5-14-12)15-8-9-2-1-3-11(16)6-9/h4-5,7,9,11,16H,1-3,6,8H2,(H3,13,14,15). The minimum Gasteiger partial charge on any atom is -0.393 e. The molecule has 4 N–H and O–H groups in total. The smallest absolute Gasteiger partial charge is 0.125 e. The molecule has 0 radical (unpaired) electrons. The highest BCUT2D eigenvalue weighted by molar-refractivity contribution is 5.49. The molecular weight excluding hydrogens is 202 g/mol. The minimum atomic E-state index is -0.108. The molecule has 16 heavy (non-hydrogen) atoms. The van der Waals surface area contributed by atoms with Crippen LogP contribution in [0.2, 0.25) is 0 Å². The molecule has 1 aliphatic rings. The molecule has 1 aromatic heterocycles. The van der Waals surface area contributed by atoms with Crippen LogP contribution in [0.25, 0.3) is 0 Å². The van der Waals surface area contributed by atoms with Crippen LogP contribution in [0.5, 0.6) is 0 Å². The second kappa shape index (κ2) is 5.16. The van der Waals surface area contributed by atoms with Gasteiger partial charge in [0.15, 0.2) is 0 Å². The first-order valence-electron chi connectivity index (χ1n) is 5.87. The first-order valence-corrected chi connectivity index (χ1v) is 5.87. The maximum atomic E-state index is 9.56. The van der Waals surface area contributed by atoms with E-state index in [9.17, 15) is 5.11 Å². The van der Waals surface area contributed by atoms with Gasteiger partial charge in [0.25, 0.3) is 0 Å². The van der Waals surface area contributed by atoms with Crippen molar-refractivity contribution >= 4 is 11.5 Å². The van der Waals surface area contributed by atoms with E-state index in [-0.39, 0.29) is 6.10 Å². The first kappa shape index (κ1) is 11.2. The summed E-state index contributed by atoms with van der Waals surface area (Å²) in [4.78, 5) is 3.94. The summed E-state index contributed by atoms with van der Waals surface area (Å²) < 4.78 is 0. The molecule has 4 heteroatoms. The number of aliphatic hydroxyl groups is 1. The van der Waals surface area contributed by atoms with E-state index in [0.717, 1.165) is 31.5 Å². The summed E-state index contributed by atoms with van der Waals surface area (Å²) in [6, 6.07) is 3.74. The van der Waals surface area contributed by atoms with Crippen molar-refractivity contribution in [3.05, 3.63) is 18.3 Å². The van der Waals surface area contributed by atoms with E-state index >= 15 is 0 Å². The molecule has 0 amide bonds. The van der Waals surface area contributed by atoms with Crippen molar-refractivity contribution in [1.82, 2.24) is 4.98 Å². The Morgan fingerprint density at radius 3 is 3.12 bits per heavy atom. The van der Waals surface area contributed by atoms with Crippen molar-refractivity contribution in [2.45, 2.75) is 31.8 Å². The van der Waals surface area contributed by atoms with E-state index < -0.39 is 0 Å². The second-order valence-corrected chi connectivity index (χ2v) is 4.54. The molecule has 0 bridgehead atoms. The van der Waals surface area contributed by atoms with Crippen molar-refractivity contribution in [3.63, 3.8) is 0 Å². The number of nitrogens with one attached hydrogen (secondary N) is 1. The van der Waals surface area contributed by atoms with Gasteiger partial charge in [-0.05, 0) is 31.2 Å². The normalized spacial score (nSPS) is 25.3. The average molecular weight is 221 g/mol. The molecule has 2 rings (SSSR count). The molecule has 1 aliphatic carbocycles. The Kier molecular flexibility index (Phi) is 3.62. The molecule has 1 saturated carbocycles. The van der Waals surface area contributed by atoms with Crippen molar-refractivity contribution in [2.75, 3.05) is 17.6 Å². The Balaban J connectivity index is 1.82. The third-order valence-electron chi connectivity index (χ3n) is 3.13. The summed E-state index contributed by atoms with van der Waals surface area (Å²) in [7, 11) is 0. The van der Waals surface area contributed by atoms with E-state index in [4.69, 9.17) is 5.73 Å². The van der Waals surface area contributed by atoms with E-state index in [0.29, 0.717) is 11.7 Å². The number of hydrogen-bond acceptors (Lipinski definition) is 4. The number of pyridine rings is 1. The van der Waals surface area contributed by atoms with Crippen LogP contribution in [-0.4, -0.2) is 22.7 Å². The largest absolute Gasteiger partial charge is 0.393 e. The molecule has 0 aliphatic heterocycles. The van der Waals surface area contributed by atoms with Gasteiger partial charge in [-0.2, -0.15) is 0 Å². The number of anilines is 2. The van der Waals surface area contributed by atoms with E-state index in [2.05, 4.69) is 10.3 Å². The zero-order valence-electron chi connectivity index (χ0n) is 9.39. The molecule has 1 fully saturated rings. The molecule has 1 aromatic rings. The number of nitrogen functional groups attached to an aromatic ring is 1. The fourth-order valence-corrected chi connectivity index (χ4v) is 2.27. The predicted octanol–water partition coefficient (Wildman–Crippen LogP) is 1.63. The number of nitrogens with zero attached hydrogens (tertiary/aromatic N) is 1. The Bertz CT molecular complexity index is 343. The van der Waals surface area contributed by atoms with Crippen LogP contribution >= 0.6 is 0 Å². The fourth-order valence-electron chi connectivity index (χ4n) is 2.27. The molecule has 0 aromatic carbocycles. The SMILES string of the molecule is Nc1cc(NCC2CCCC(O)C2)ccn1. The van der Waals surface area contributed by atoms with E-state index in [1.165, 1.54) is 6.42 Å². The van der Waals surface area contributed by atoms with Crippen LogP contribution in [0.3, 0.4) is 0 Å². The monoisotopic (exact) mass is 221 g/mol. The van der Waals surface area contributed by atoms with Crippen molar-refractivity contribution < 1.29 is 5.11 Å². The Hall–Kier alpha value is -1.29. The van der Waals surface area contributed by atoms with Gasteiger partial charge in [0.2, 0.25) is 0 Å². The lowest BCUT2D eigenvalue weighted by Gasteiger charge is -2.26. The maximum Gasteiger partial charge on any atom is 0.125 e. The van der Waals surface area contributed by atoms with Crippen LogP contribution in [-0.2, 0) is 0 Å². The zero-order valence-corrected chi connectivity index (χ0v) is 9.39. The number of hydrogen-bond donors (Lipinski definition) is 3. The molecule has 88 valence electrons. The van der Waals surface area contributed by atoms with Gasteiger partial charge in [-0.25, -0.2) is 4.98 Å². The van der Waals surface area contributed by atoms with E-state index in [1.807, 2.05) is 12.1 Å². The van der Waals surface area contributed by atoms with E-state index in [1.54, 1.807) is 6.20 Å². The molecular formula is C12H19N3O. The van der Waals surface area contributed by atoms with Gasteiger partial charge in [-0.1, -0.05) is 6.42 Å². The van der Waals surface area contributed by atoms with Crippen LogP contribution in [0.15, 0.2) is 18.3 Å². The van der Waals surface area contributed by atoms with Crippen molar-refractivity contribution in [1.29, 1.82) is 0 Å². The molecule has 1 heterocycles. The Morgan fingerprint density at radius 2 is 2.38 bits per heavy atom. The number of aliphatic hydroxyl groups excluding tert-OH is 1. The van der Waals surface area contributed by atoms with Gasteiger partial charge in [-0.15, -0.1) is 0 Å². The van der Waals surface area contributed by atoms with Crippen molar-refractivity contribution in [3.8, 4) is 0 Å². The topological polar surface area (TPSA) is 71.2 Å². The van der Waals surface area contributed by atoms with Crippen LogP contribution < -0.4 is 11.1 Å². The fraction of sp³-hybridized carbons (Fsp3) is 0.583. The van der Waals surface area contributed by atoms with Gasteiger partial charge < -0.3 is 16.2 Å². The summed E-state index contributed by atoms with van der Waals surface area (Å²) in [5.74, 6) is 1.10. The molecule has 4 nitrogen and oxygen atoms in total. The lowest BCUT2D eigenvalue weighted by molar-refractivity contribution is 0.105. The summed E-state index contributed by atoms with van der Waals surface area (Å²) >= 11 is 0. The summed E-state index contributed by atoms with van der Waals surface area (Å²) in [6.45, 7) is 0.903. The second-order valence-electron chi connectivity index (χ2n) is 4.54. The molecule has 2 atom stereocenters. The first-order chi connectivity index (χ1) is 7.74. The third-order valence-corrected chi connectivity index (χ3v) is 3.13. The lowest BCUT2D eigenvalue weighted by atomic mass is 9.87. The summed E-state index contributed by atoms with van der Waals surface area (Å²) in [6.07, 6.45) is 5.79. The highest BCUT2D eigenvalue weighted by atomic mass is 16.3. The van der Waals surface area contributed by atoms with Crippen LogP contribution in [0, 0.1) is 5.92 Å². The van der Waals surface area contributed by atoms with Gasteiger partial charge in [0.1, 0.15) is 5.82 Å². The summed E-state index contributed by atoms with van der Waals surface area (Å²) in [5, 5.41) is 12.9. The molecule has 0 spiro atoms. The third kappa shape index (κ3) is 3.10. The number of rotatable bonds is 3. The molecule has 2 unspecified atom stereocenters. The number of nitrogens with two attached hydrogens (primary N) is 1. The predicted molar refractivity (Wildman–Crippen MR) is 65.1 cm³/mol. The van der Waals surface area contributed by atoms with Crippen LogP contribution in [0.4, 0.5) is 11.5 Å². The zero-order chi connectivity index (χ0) is 11.4. The maximum absolute atomic E-state index is 9.56. The molecule has 0 saturated heterocycles. The quantitative estimate of drug-likeness (QED) is 0.725. The van der Waals surface area contributed by atoms with Gasteiger partial charge >= 0.3 is 0 Å². The van der Waals surface area contributed by atoms with Gasteiger partial charge in [0.05, 0.1) is 6.10 Å². The van der Waals surface area contributed by atoms with Crippen LogP contribution in [0.1, 0.15) is 25.7 Å². The number of aromatic nitrogens is 1. The highest BCUT2D eigenvalue weighted by Gasteiger charge is 2.19. The Morgan fingerprint density at radius 1 is 1.50 bits per heavy atom. The lowest BCUT2D eigenvalue weighted by Crippen LogP contribution is -2.25. The van der Waals surface area contributed by atoms with Gasteiger partial charge in [0, 0.05) is 24.5 Å². The highest BCUT2D eigenvalue weighted by Crippen LogP contribution is 2.24. The minimum absolute atomic E-state index is 0.108. The average Bonchev–Trinajstić information content (AvgIpc) is 2.27. The Labute approximate surface area is 95.9 Å².